The van der Waals surface area contributed by atoms with E-state index < -0.39 is 0 Å². The zero-order chi connectivity index (χ0) is 27.8. The number of aliphatic hydroxyl groups is 1. The normalized spacial score (nSPS) is 40.9. The molecular formula is C36H48O4. The van der Waals surface area contributed by atoms with Gasteiger partial charge in [0, 0.05) is 13.3 Å². The summed E-state index contributed by atoms with van der Waals surface area (Å²) in [5.41, 5.74) is 5.74. The minimum absolute atomic E-state index is 0. The predicted octanol–water partition coefficient (Wildman–Crippen LogP) is 7.67. The molecule has 0 aromatic heterocycles. The number of hydrogen-bond acceptors (Lipinski definition) is 4. The number of aryl methyl sites for hydroxylation is 2. The lowest BCUT2D eigenvalue weighted by molar-refractivity contribution is -0.129. The number of benzene rings is 2. The average molecular weight is 545 g/mol. The molecule has 9 atom stereocenters. The Morgan fingerprint density at radius 1 is 0.700 bits per heavy atom. The smallest absolute Gasteiger partial charge is 0.139 e. The number of rotatable bonds is 0. The van der Waals surface area contributed by atoms with Crippen LogP contribution in [-0.4, -0.2) is 27.2 Å². The standard InChI is InChI=1S/C18H24O2.C18H22O2.H2/c2*1-18-9-8-14-13-5-3-12(19)10-11(13)2-4-15(14)16(18)6-7-17(18)20;/h3,5,10,14-17,19-20H,2,4,6-9H2,1H3;3,5,10,14-16,19H,2,4,6-9H2,1H3;1H/t14-,15-,16+,17+,18+;14-,15-,16+,18+;/m11./s1. The molecule has 2 aromatic carbocycles. The van der Waals surface area contributed by atoms with Crippen LogP contribution in [0.1, 0.15) is 114 Å². The Labute approximate surface area is 240 Å². The quantitative estimate of drug-likeness (QED) is 0.318. The molecule has 0 heterocycles. The van der Waals surface area contributed by atoms with Crippen LogP contribution in [0.5, 0.6) is 11.5 Å². The van der Waals surface area contributed by atoms with Crippen LogP contribution < -0.4 is 0 Å². The molecule has 216 valence electrons. The Kier molecular flexibility index (Phi) is 6.38. The largest absolute Gasteiger partial charge is 0.508 e. The Hall–Kier alpha value is -2.33. The Balaban J connectivity index is 0.000000144. The van der Waals surface area contributed by atoms with Gasteiger partial charge in [0.1, 0.15) is 17.3 Å². The van der Waals surface area contributed by atoms with Gasteiger partial charge >= 0.3 is 0 Å². The number of phenols is 2. The van der Waals surface area contributed by atoms with Gasteiger partial charge in [-0.1, -0.05) is 26.0 Å². The number of carbonyl (C=O) groups is 1. The van der Waals surface area contributed by atoms with Gasteiger partial charge in [-0.05, 0) is 158 Å². The molecule has 0 bridgehead atoms. The number of phenolic OH excluding ortho intramolecular Hbond substituents is 2. The van der Waals surface area contributed by atoms with Crippen molar-refractivity contribution in [1.29, 1.82) is 0 Å². The van der Waals surface area contributed by atoms with E-state index in [1.54, 1.807) is 0 Å². The van der Waals surface area contributed by atoms with Crippen LogP contribution in [0, 0.1) is 34.5 Å². The van der Waals surface area contributed by atoms with Gasteiger partial charge in [0.2, 0.25) is 0 Å². The van der Waals surface area contributed by atoms with E-state index in [-0.39, 0.29) is 18.4 Å². The molecule has 2 aromatic rings. The first-order valence-corrected chi connectivity index (χ1v) is 16.0. The van der Waals surface area contributed by atoms with Crippen molar-refractivity contribution < 1.29 is 21.5 Å². The minimum atomic E-state index is -0.0883. The van der Waals surface area contributed by atoms with Crippen molar-refractivity contribution in [2.45, 2.75) is 109 Å². The average Bonchev–Trinajstić information content (AvgIpc) is 3.43. The van der Waals surface area contributed by atoms with Gasteiger partial charge in [0.15, 0.2) is 0 Å². The monoisotopic (exact) mass is 544 g/mol. The summed E-state index contributed by atoms with van der Waals surface area (Å²) in [5, 5.41) is 29.7. The maximum absolute atomic E-state index is 12.3. The molecule has 0 saturated heterocycles. The molecule has 4 nitrogen and oxygen atoms in total. The lowest BCUT2D eigenvalue weighted by atomic mass is 9.55. The highest BCUT2D eigenvalue weighted by atomic mass is 16.3. The molecule has 0 spiro atoms. The molecule has 4 fully saturated rings. The first-order valence-electron chi connectivity index (χ1n) is 16.0. The van der Waals surface area contributed by atoms with E-state index in [9.17, 15) is 20.1 Å². The Morgan fingerprint density at radius 2 is 1.27 bits per heavy atom. The number of Topliss-reactive ketones (excluding diaryl/α,β-unsaturated/α-hetero) is 1. The Bertz CT molecular complexity index is 1320. The highest BCUT2D eigenvalue weighted by Crippen LogP contribution is 2.61. The molecule has 40 heavy (non-hydrogen) atoms. The third kappa shape index (κ3) is 3.99. The fourth-order valence-corrected chi connectivity index (χ4v) is 10.9. The van der Waals surface area contributed by atoms with Crippen LogP contribution in [0.2, 0.25) is 0 Å². The van der Waals surface area contributed by atoms with Crippen molar-refractivity contribution in [3.8, 4) is 11.5 Å². The summed E-state index contributed by atoms with van der Waals surface area (Å²) in [5.74, 6) is 5.27. The molecule has 8 rings (SSSR count). The highest BCUT2D eigenvalue weighted by molar-refractivity contribution is 5.87. The summed E-state index contributed by atoms with van der Waals surface area (Å²) in [6, 6.07) is 11.9. The van der Waals surface area contributed by atoms with Crippen LogP contribution >= 0.6 is 0 Å². The fourth-order valence-electron chi connectivity index (χ4n) is 10.9. The van der Waals surface area contributed by atoms with Gasteiger partial charge in [0.25, 0.3) is 0 Å². The van der Waals surface area contributed by atoms with E-state index in [0.29, 0.717) is 46.9 Å². The molecule has 4 heteroatoms. The summed E-state index contributed by atoms with van der Waals surface area (Å²) >= 11 is 0. The maximum atomic E-state index is 12.3. The van der Waals surface area contributed by atoms with Gasteiger partial charge < -0.3 is 15.3 Å². The number of aliphatic hydroxyl groups excluding tert-OH is 1. The number of fused-ring (bicyclic) bond motifs is 10. The van der Waals surface area contributed by atoms with Crippen molar-refractivity contribution in [3.05, 3.63) is 58.7 Å². The molecule has 6 aliphatic rings. The van der Waals surface area contributed by atoms with E-state index in [1.807, 2.05) is 24.3 Å². The summed E-state index contributed by atoms with van der Waals surface area (Å²) in [4.78, 5) is 12.3. The molecule has 6 aliphatic carbocycles. The third-order valence-corrected chi connectivity index (χ3v) is 13.1. The van der Waals surface area contributed by atoms with Crippen LogP contribution in [-0.2, 0) is 17.6 Å². The maximum Gasteiger partial charge on any atom is 0.139 e. The second kappa shape index (κ2) is 9.61. The molecule has 0 unspecified atom stereocenters. The van der Waals surface area contributed by atoms with Crippen molar-refractivity contribution in [1.82, 2.24) is 0 Å². The van der Waals surface area contributed by atoms with E-state index >= 15 is 0 Å². The number of carbonyl (C=O) groups excluding carboxylic acids is 1. The molecule has 3 N–H and O–H groups in total. The van der Waals surface area contributed by atoms with E-state index in [0.717, 1.165) is 57.3 Å². The Morgan fingerprint density at radius 3 is 1.90 bits per heavy atom. The highest BCUT2D eigenvalue weighted by Gasteiger charge is 2.55. The van der Waals surface area contributed by atoms with Crippen molar-refractivity contribution in [2.75, 3.05) is 0 Å². The van der Waals surface area contributed by atoms with E-state index in [1.165, 1.54) is 47.9 Å². The lowest BCUT2D eigenvalue weighted by Crippen LogP contribution is -2.43. The molecule has 0 radical (unpaired) electrons. The zero-order valence-corrected chi connectivity index (χ0v) is 24.2. The zero-order valence-electron chi connectivity index (χ0n) is 24.2. The van der Waals surface area contributed by atoms with Gasteiger partial charge in [-0.25, -0.2) is 0 Å². The van der Waals surface area contributed by atoms with E-state index in [4.69, 9.17) is 0 Å². The first-order chi connectivity index (χ1) is 19.2. The summed E-state index contributed by atoms with van der Waals surface area (Å²) < 4.78 is 0. The molecular weight excluding hydrogens is 496 g/mol. The number of aromatic hydroxyl groups is 2. The first kappa shape index (κ1) is 26.6. The minimum Gasteiger partial charge on any atom is -0.508 e. The third-order valence-electron chi connectivity index (χ3n) is 13.1. The summed E-state index contributed by atoms with van der Waals surface area (Å²) in [6.07, 6.45) is 13.1. The topological polar surface area (TPSA) is 77.8 Å². The van der Waals surface area contributed by atoms with Crippen molar-refractivity contribution in [2.24, 2.45) is 34.5 Å². The summed E-state index contributed by atoms with van der Waals surface area (Å²) in [7, 11) is 0. The van der Waals surface area contributed by atoms with Gasteiger partial charge in [-0.3, -0.25) is 4.79 Å². The van der Waals surface area contributed by atoms with Crippen LogP contribution in [0.15, 0.2) is 36.4 Å². The van der Waals surface area contributed by atoms with Crippen LogP contribution in [0.4, 0.5) is 0 Å². The van der Waals surface area contributed by atoms with Crippen molar-refractivity contribution >= 4 is 5.78 Å². The number of hydrogen-bond donors (Lipinski definition) is 3. The van der Waals surface area contributed by atoms with Gasteiger partial charge in [0.05, 0.1) is 6.10 Å². The van der Waals surface area contributed by atoms with Crippen molar-refractivity contribution in [3.63, 3.8) is 0 Å². The molecule has 0 amide bonds. The second-order valence-electron chi connectivity index (χ2n) is 14.7. The molecule has 0 aliphatic heterocycles. The second-order valence-corrected chi connectivity index (χ2v) is 14.7. The lowest BCUT2D eigenvalue weighted by Gasteiger charge is -2.50. The van der Waals surface area contributed by atoms with Gasteiger partial charge in [-0.15, -0.1) is 0 Å². The predicted molar refractivity (Wildman–Crippen MR) is 159 cm³/mol. The van der Waals surface area contributed by atoms with Crippen LogP contribution in [0.25, 0.3) is 0 Å². The molecule has 4 saturated carbocycles. The van der Waals surface area contributed by atoms with E-state index in [2.05, 4.69) is 26.0 Å². The summed E-state index contributed by atoms with van der Waals surface area (Å²) in [6.45, 7) is 4.54. The van der Waals surface area contributed by atoms with Gasteiger partial charge in [-0.2, -0.15) is 0 Å². The number of ketones is 1. The van der Waals surface area contributed by atoms with Crippen LogP contribution in [0.3, 0.4) is 0 Å². The SMILES string of the molecule is C[C@]12CC[C@@H]3c4ccc(O)cc4CC[C@H]3[C@@H]1CCC2=O.C[C@]12CC[C@@H]3c4ccc(O)cc4CC[C@H]3[C@@H]1CC[C@@H]2O.[HH]. The fraction of sp³-hybridized carbons (Fsp3) is 0.639.